The minimum absolute atomic E-state index is 0.724. The minimum Gasteiger partial charge on any atom is -0.370 e. The van der Waals surface area contributed by atoms with Crippen molar-refractivity contribution in [1.29, 1.82) is 0 Å². The standard InChI is InChI=1S/C14H25N3S/c1-5-7-12-8-13(15-6-2)17-14(16-12)10-18-9-11(3)4/h8,11H,5-7,9-10H2,1-4H3,(H,15,16,17). The quantitative estimate of drug-likeness (QED) is 0.778. The van der Waals surface area contributed by atoms with E-state index < -0.39 is 0 Å². The summed E-state index contributed by atoms with van der Waals surface area (Å²) >= 11 is 1.92. The highest BCUT2D eigenvalue weighted by molar-refractivity contribution is 7.98. The summed E-state index contributed by atoms with van der Waals surface area (Å²) < 4.78 is 0. The average molecular weight is 267 g/mol. The van der Waals surface area contributed by atoms with Gasteiger partial charge in [-0.25, -0.2) is 9.97 Å². The Morgan fingerprint density at radius 2 is 2.06 bits per heavy atom. The Morgan fingerprint density at radius 3 is 2.67 bits per heavy atom. The van der Waals surface area contributed by atoms with Crippen molar-refractivity contribution in [3.05, 3.63) is 17.6 Å². The molecule has 18 heavy (non-hydrogen) atoms. The molecule has 0 amide bonds. The summed E-state index contributed by atoms with van der Waals surface area (Å²) in [5, 5.41) is 3.29. The summed E-state index contributed by atoms with van der Waals surface area (Å²) in [5.74, 6) is 4.73. The molecular formula is C14H25N3S. The zero-order chi connectivity index (χ0) is 13.4. The Hall–Kier alpha value is -0.770. The number of nitrogens with zero attached hydrogens (tertiary/aromatic N) is 2. The topological polar surface area (TPSA) is 37.8 Å². The number of rotatable bonds is 8. The van der Waals surface area contributed by atoms with Crippen LogP contribution in [0.5, 0.6) is 0 Å². The van der Waals surface area contributed by atoms with Crippen LogP contribution in [-0.4, -0.2) is 22.3 Å². The third kappa shape index (κ3) is 5.71. The van der Waals surface area contributed by atoms with Crippen molar-refractivity contribution in [2.24, 2.45) is 5.92 Å². The Kier molecular flexibility index (Phi) is 7.09. The molecule has 4 heteroatoms. The van der Waals surface area contributed by atoms with Crippen molar-refractivity contribution in [2.75, 3.05) is 17.6 Å². The molecule has 0 fully saturated rings. The van der Waals surface area contributed by atoms with Crippen LogP contribution in [0.1, 0.15) is 45.6 Å². The number of hydrogen-bond donors (Lipinski definition) is 1. The van der Waals surface area contributed by atoms with Crippen molar-refractivity contribution in [2.45, 2.75) is 46.3 Å². The van der Waals surface area contributed by atoms with Crippen LogP contribution in [0.25, 0.3) is 0 Å². The van der Waals surface area contributed by atoms with Gasteiger partial charge in [0.25, 0.3) is 0 Å². The summed E-state index contributed by atoms with van der Waals surface area (Å²) in [6.07, 6.45) is 2.16. The largest absolute Gasteiger partial charge is 0.370 e. The van der Waals surface area contributed by atoms with Crippen molar-refractivity contribution in [1.82, 2.24) is 9.97 Å². The van der Waals surface area contributed by atoms with Gasteiger partial charge in [-0.2, -0.15) is 11.8 Å². The van der Waals surface area contributed by atoms with Crippen molar-refractivity contribution in [3.63, 3.8) is 0 Å². The Morgan fingerprint density at radius 1 is 1.28 bits per heavy atom. The van der Waals surface area contributed by atoms with E-state index in [1.807, 2.05) is 11.8 Å². The first-order valence-corrected chi connectivity index (χ1v) is 7.99. The number of aryl methyl sites for hydroxylation is 1. The van der Waals surface area contributed by atoms with Crippen molar-refractivity contribution < 1.29 is 0 Å². The Balaban J connectivity index is 2.69. The van der Waals surface area contributed by atoms with E-state index >= 15 is 0 Å². The van der Waals surface area contributed by atoms with Gasteiger partial charge in [0, 0.05) is 18.3 Å². The van der Waals surface area contributed by atoms with Gasteiger partial charge in [0.2, 0.25) is 0 Å². The Bertz CT molecular complexity index is 329. The zero-order valence-electron chi connectivity index (χ0n) is 12.0. The molecule has 0 bridgehead atoms. The van der Waals surface area contributed by atoms with Crippen LogP contribution < -0.4 is 5.32 Å². The molecule has 0 aliphatic heterocycles. The number of anilines is 1. The lowest BCUT2D eigenvalue weighted by Crippen LogP contribution is -2.06. The number of thioether (sulfide) groups is 1. The maximum absolute atomic E-state index is 4.63. The van der Waals surface area contributed by atoms with Gasteiger partial charge in [0.15, 0.2) is 0 Å². The van der Waals surface area contributed by atoms with E-state index in [9.17, 15) is 0 Å². The normalized spacial score (nSPS) is 10.9. The molecule has 0 saturated heterocycles. The average Bonchev–Trinajstić information content (AvgIpc) is 2.29. The van der Waals surface area contributed by atoms with Crippen LogP contribution >= 0.6 is 11.8 Å². The van der Waals surface area contributed by atoms with E-state index in [1.54, 1.807) is 0 Å². The molecule has 102 valence electrons. The number of hydrogen-bond acceptors (Lipinski definition) is 4. The first-order valence-electron chi connectivity index (χ1n) is 6.84. The van der Waals surface area contributed by atoms with E-state index in [0.29, 0.717) is 0 Å². The molecule has 1 aromatic rings. The van der Waals surface area contributed by atoms with Crippen LogP contribution in [0.15, 0.2) is 6.07 Å². The SMILES string of the molecule is CCCc1cc(NCC)nc(CSCC(C)C)n1. The minimum atomic E-state index is 0.724. The lowest BCUT2D eigenvalue weighted by molar-refractivity contribution is 0.749. The lowest BCUT2D eigenvalue weighted by Gasteiger charge is -2.09. The van der Waals surface area contributed by atoms with Crippen LogP contribution in [0, 0.1) is 5.92 Å². The summed E-state index contributed by atoms with van der Waals surface area (Å²) in [7, 11) is 0. The molecule has 0 radical (unpaired) electrons. The maximum Gasteiger partial charge on any atom is 0.140 e. The summed E-state index contributed by atoms with van der Waals surface area (Å²) in [6, 6.07) is 2.07. The molecule has 0 aliphatic carbocycles. The molecule has 3 nitrogen and oxygen atoms in total. The van der Waals surface area contributed by atoms with Crippen LogP contribution in [0.3, 0.4) is 0 Å². The summed E-state index contributed by atoms with van der Waals surface area (Å²) in [6.45, 7) is 9.66. The molecular weight excluding hydrogens is 242 g/mol. The molecule has 0 unspecified atom stereocenters. The van der Waals surface area contributed by atoms with Crippen molar-refractivity contribution >= 4 is 17.6 Å². The highest BCUT2D eigenvalue weighted by Gasteiger charge is 2.05. The lowest BCUT2D eigenvalue weighted by atomic mass is 10.2. The first-order chi connectivity index (χ1) is 8.65. The fourth-order valence-electron chi connectivity index (χ4n) is 1.66. The summed E-state index contributed by atoms with van der Waals surface area (Å²) in [5.41, 5.74) is 1.16. The third-order valence-electron chi connectivity index (χ3n) is 2.37. The van der Waals surface area contributed by atoms with Gasteiger partial charge in [-0.05, 0) is 25.0 Å². The van der Waals surface area contributed by atoms with Gasteiger partial charge in [-0.15, -0.1) is 0 Å². The third-order valence-corrected chi connectivity index (χ3v) is 3.74. The van der Waals surface area contributed by atoms with Crippen LogP contribution in [0.4, 0.5) is 5.82 Å². The molecule has 1 aromatic heterocycles. The second-order valence-corrected chi connectivity index (χ2v) is 5.88. The molecule has 1 heterocycles. The van der Waals surface area contributed by atoms with E-state index in [4.69, 9.17) is 0 Å². The molecule has 0 spiro atoms. The molecule has 1 N–H and O–H groups in total. The molecule has 0 saturated carbocycles. The van der Waals surface area contributed by atoms with Gasteiger partial charge < -0.3 is 5.32 Å². The fraction of sp³-hybridized carbons (Fsp3) is 0.714. The number of nitrogens with one attached hydrogen (secondary N) is 1. The van der Waals surface area contributed by atoms with Crippen LogP contribution in [0.2, 0.25) is 0 Å². The second kappa shape index (κ2) is 8.35. The first kappa shape index (κ1) is 15.3. The van der Waals surface area contributed by atoms with Gasteiger partial charge in [-0.1, -0.05) is 27.2 Å². The highest BCUT2D eigenvalue weighted by Crippen LogP contribution is 2.15. The molecule has 0 aliphatic rings. The van der Waals surface area contributed by atoms with Gasteiger partial charge in [0.05, 0.1) is 5.75 Å². The number of aromatic nitrogens is 2. The monoisotopic (exact) mass is 267 g/mol. The van der Waals surface area contributed by atoms with E-state index in [-0.39, 0.29) is 0 Å². The highest BCUT2D eigenvalue weighted by atomic mass is 32.2. The predicted molar refractivity (Wildman–Crippen MR) is 81.2 cm³/mol. The van der Waals surface area contributed by atoms with E-state index in [0.717, 1.165) is 54.1 Å². The van der Waals surface area contributed by atoms with E-state index in [2.05, 4.69) is 49.0 Å². The van der Waals surface area contributed by atoms with Crippen molar-refractivity contribution in [3.8, 4) is 0 Å². The van der Waals surface area contributed by atoms with E-state index in [1.165, 1.54) is 0 Å². The summed E-state index contributed by atoms with van der Waals surface area (Å²) in [4.78, 5) is 9.19. The maximum atomic E-state index is 4.63. The second-order valence-electron chi connectivity index (χ2n) is 4.85. The molecule has 0 atom stereocenters. The van der Waals surface area contributed by atoms with Gasteiger partial charge in [0.1, 0.15) is 11.6 Å². The molecule has 1 rings (SSSR count). The fourth-order valence-corrected chi connectivity index (χ4v) is 2.56. The zero-order valence-corrected chi connectivity index (χ0v) is 12.8. The smallest absolute Gasteiger partial charge is 0.140 e. The van der Waals surface area contributed by atoms with Gasteiger partial charge in [-0.3, -0.25) is 0 Å². The van der Waals surface area contributed by atoms with Crippen LogP contribution in [-0.2, 0) is 12.2 Å². The van der Waals surface area contributed by atoms with Gasteiger partial charge >= 0.3 is 0 Å². The Labute approximate surface area is 115 Å². The predicted octanol–water partition coefficient (Wildman–Crippen LogP) is 3.75. The molecule has 0 aromatic carbocycles.